The van der Waals surface area contributed by atoms with Crippen molar-refractivity contribution in [3.63, 3.8) is 0 Å². The Balaban J connectivity index is 1.60. The van der Waals surface area contributed by atoms with Crippen molar-refractivity contribution in [2.24, 2.45) is 5.92 Å². The highest BCUT2D eigenvalue weighted by Gasteiger charge is 2.53. The van der Waals surface area contributed by atoms with Gasteiger partial charge in [-0.15, -0.1) is 0 Å². The van der Waals surface area contributed by atoms with Gasteiger partial charge in [0.2, 0.25) is 0 Å². The van der Waals surface area contributed by atoms with Crippen LogP contribution in [0, 0.1) is 5.92 Å². The largest absolute Gasteiger partial charge is 0.461 e. The van der Waals surface area contributed by atoms with Crippen LogP contribution in [0.15, 0.2) is 103 Å². The topological polar surface area (TPSA) is 105 Å². The summed E-state index contributed by atoms with van der Waals surface area (Å²) in [6.45, 7) is 3.95. The number of carbonyl (C=O) groups is 4. The van der Waals surface area contributed by atoms with Crippen molar-refractivity contribution >= 4 is 24.4 Å². The molecule has 0 aliphatic heterocycles. The fourth-order valence-electron chi connectivity index (χ4n) is 4.09. The summed E-state index contributed by atoms with van der Waals surface area (Å²) in [7, 11) is 0. The van der Waals surface area contributed by atoms with E-state index in [1.54, 1.807) is 91.0 Å². The number of hydrogen-bond donors (Lipinski definition) is 0. The third-order valence-corrected chi connectivity index (χ3v) is 5.97. The highest BCUT2D eigenvalue weighted by Crippen LogP contribution is 2.38. The van der Waals surface area contributed by atoms with Crippen LogP contribution in [0.25, 0.3) is 0 Å². The van der Waals surface area contributed by atoms with Gasteiger partial charge in [0.25, 0.3) is 6.47 Å². The summed E-state index contributed by atoms with van der Waals surface area (Å²) in [5.74, 6) is -2.79. The molecular formula is C29H24O8. The number of carbonyl (C=O) groups excluding carboxylic acids is 4. The zero-order chi connectivity index (χ0) is 26.2. The van der Waals surface area contributed by atoms with Crippen molar-refractivity contribution in [2.45, 2.75) is 18.3 Å². The molecule has 0 radical (unpaired) electrons. The van der Waals surface area contributed by atoms with E-state index in [9.17, 15) is 19.2 Å². The minimum Gasteiger partial charge on any atom is -0.461 e. The van der Waals surface area contributed by atoms with Gasteiger partial charge in [0.05, 0.1) is 22.6 Å². The van der Waals surface area contributed by atoms with Gasteiger partial charge in [-0.2, -0.15) is 0 Å². The molecule has 0 aromatic heterocycles. The molecule has 0 N–H and O–H groups in total. The Hall–Kier alpha value is -4.72. The molecule has 37 heavy (non-hydrogen) atoms. The van der Waals surface area contributed by atoms with Crippen LogP contribution >= 0.6 is 0 Å². The fraction of sp³-hybridized carbons (Fsp3) is 0.172. The summed E-state index contributed by atoms with van der Waals surface area (Å²) in [6, 6.07) is 24.8. The Bertz CT molecular complexity index is 1260. The van der Waals surface area contributed by atoms with Crippen molar-refractivity contribution in [3.05, 3.63) is 120 Å². The van der Waals surface area contributed by atoms with Gasteiger partial charge in [-0.25, -0.2) is 14.4 Å². The second kappa shape index (κ2) is 11.8. The van der Waals surface area contributed by atoms with E-state index in [0.717, 1.165) is 0 Å². The molecule has 0 amide bonds. The van der Waals surface area contributed by atoms with Crippen LogP contribution < -0.4 is 0 Å². The molecule has 0 spiro atoms. The van der Waals surface area contributed by atoms with Crippen LogP contribution in [0.4, 0.5) is 0 Å². The normalized spacial score (nSPS) is 20.5. The van der Waals surface area contributed by atoms with Crippen molar-refractivity contribution in [1.82, 2.24) is 0 Å². The van der Waals surface area contributed by atoms with Gasteiger partial charge in [-0.3, -0.25) is 4.79 Å². The standard InChI is InChI=1S/C29H24O8/c1-19-23(17-34-27(31)20-11-5-2-6-12-20)25(37-29(33)22-15-9-4-10-16-22)26(35-18-30)24(19)36-28(32)21-13-7-3-8-14-21/h2-16,18,23-26H,1,17H2/t23-,24-,25+,26+/m0/s1. The first-order chi connectivity index (χ1) is 18.0. The number of ether oxygens (including phenoxy) is 4. The molecule has 0 unspecified atom stereocenters. The van der Waals surface area contributed by atoms with E-state index < -0.39 is 42.1 Å². The lowest BCUT2D eigenvalue weighted by Crippen LogP contribution is -2.40. The molecule has 188 valence electrons. The molecule has 8 heteroatoms. The van der Waals surface area contributed by atoms with E-state index in [2.05, 4.69) is 6.58 Å². The average Bonchev–Trinajstić information content (AvgIpc) is 3.18. The summed E-state index contributed by atoms with van der Waals surface area (Å²) >= 11 is 0. The number of benzene rings is 3. The number of esters is 3. The Morgan fingerprint density at radius 3 is 1.62 bits per heavy atom. The quantitative estimate of drug-likeness (QED) is 0.188. The molecular weight excluding hydrogens is 476 g/mol. The lowest BCUT2D eigenvalue weighted by molar-refractivity contribution is -0.145. The first-order valence-electron chi connectivity index (χ1n) is 11.5. The van der Waals surface area contributed by atoms with Crippen molar-refractivity contribution in [1.29, 1.82) is 0 Å². The maximum atomic E-state index is 12.9. The van der Waals surface area contributed by atoms with Gasteiger partial charge in [-0.1, -0.05) is 61.2 Å². The first kappa shape index (κ1) is 25.4. The molecule has 0 bridgehead atoms. The van der Waals surface area contributed by atoms with Gasteiger partial charge in [0.1, 0.15) is 6.61 Å². The predicted molar refractivity (Wildman–Crippen MR) is 132 cm³/mol. The van der Waals surface area contributed by atoms with Crippen molar-refractivity contribution < 1.29 is 38.1 Å². The van der Waals surface area contributed by atoms with E-state index in [0.29, 0.717) is 5.56 Å². The fourth-order valence-corrected chi connectivity index (χ4v) is 4.09. The van der Waals surface area contributed by atoms with E-state index in [4.69, 9.17) is 18.9 Å². The molecule has 4 rings (SSSR count). The number of rotatable bonds is 9. The second-order valence-corrected chi connectivity index (χ2v) is 8.27. The van der Waals surface area contributed by atoms with Gasteiger partial charge >= 0.3 is 17.9 Å². The lowest BCUT2D eigenvalue weighted by atomic mass is 10.0. The Morgan fingerprint density at radius 2 is 1.14 bits per heavy atom. The van der Waals surface area contributed by atoms with E-state index in [1.165, 1.54) is 0 Å². The summed E-state index contributed by atoms with van der Waals surface area (Å²) in [5, 5.41) is 0. The third kappa shape index (κ3) is 5.92. The van der Waals surface area contributed by atoms with E-state index in [1.807, 2.05) is 0 Å². The first-order valence-corrected chi connectivity index (χ1v) is 11.5. The van der Waals surface area contributed by atoms with Gasteiger partial charge in [0, 0.05) is 0 Å². The maximum Gasteiger partial charge on any atom is 0.338 e. The van der Waals surface area contributed by atoms with Crippen LogP contribution in [0.2, 0.25) is 0 Å². The summed E-state index contributed by atoms with van der Waals surface area (Å²) in [5.41, 5.74) is 1.15. The molecule has 0 heterocycles. The molecule has 8 nitrogen and oxygen atoms in total. The van der Waals surface area contributed by atoms with E-state index >= 15 is 0 Å². The Labute approximate surface area is 213 Å². The molecule has 1 aliphatic carbocycles. The van der Waals surface area contributed by atoms with Crippen LogP contribution in [0.3, 0.4) is 0 Å². The van der Waals surface area contributed by atoms with Gasteiger partial charge in [0.15, 0.2) is 18.3 Å². The molecule has 4 atom stereocenters. The molecule has 3 aromatic rings. The summed E-state index contributed by atoms with van der Waals surface area (Å²) < 4.78 is 22.1. The maximum absolute atomic E-state index is 12.9. The molecule has 1 fully saturated rings. The predicted octanol–water partition coefficient (Wildman–Crippen LogP) is 4.02. The monoisotopic (exact) mass is 500 g/mol. The number of hydrogen-bond acceptors (Lipinski definition) is 8. The average molecular weight is 501 g/mol. The van der Waals surface area contributed by atoms with Crippen LogP contribution in [-0.4, -0.2) is 49.3 Å². The molecule has 1 aliphatic rings. The summed E-state index contributed by atoms with van der Waals surface area (Å²) in [6.07, 6.45) is -3.49. The van der Waals surface area contributed by atoms with Crippen molar-refractivity contribution in [2.75, 3.05) is 6.61 Å². The second-order valence-electron chi connectivity index (χ2n) is 8.27. The Kier molecular flexibility index (Phi) is 8.10. The highest BCUT2D eigenvalue weighted by atomic mass is 16.6. The molecule has 0 saturated heterocycles. The third-order valence-electron chi connectivity index (χ3n) is 5.97. The molecule has 1 saturated carbocycles. The van der Waals surface area contributed by atoms with Crippen LogP contribution in [0.1, 0.15) is 31.1 Å². The van der Waals surface area contributed by atoms with Gasteiger partial charge < -0.3 is 18.9 Å². The zero-order valence-electron chi connectivity index (χ0n) is 19.7. The minimum atomic E-state index is -1.20. The van der Waals surface area contributed by atoms with Crippen LogP contribution in [-0.2, 0) is 23.7 Å². The summed E-state index contributed by atoms with van der Waals surface area (Å²) in [4.78, 5) is 49.7. The Morgan fingerprint density at radius 1 is 0.676 bits per heavy atom. The minimum absolute atomic E-state index is 0.184. The van der Waals surface area contributed by atoms with Gasteiger partial charge in [-0.05, 0) is 42.0 Å². The van der Waals surface area contributed by atoms with E-state index in [-0.39, 0.29) is 29.8 Å². The van der Waals surface area contributed by atoms with Crippen molar-refractivity contribution in [3.8, 4) is 0 Å². The zero-order valence-corrected chi connectivity index (χ0v) is 19.7. The smallest absolute Gasteiger partial charge is 0.338 e. The lowest BCUT2D eigenvalue weighted by Gasteiger charge is -2.24. The van der Waals surface area contributed by atoms with Crippen LogP contribution in [0.5, 0.6) is 0 Å². The molecule has 3 aromatic carbocycles. The SMILES string of the molecule is C=C1[C@H](COC(=O)c2ccccc2)[C@@H](OC(=O)c2ccccc2)[C@H](OC=O)[C@H]1OC(=O)c1ccccc1. The highest BCUT2D eigenvalue weighted by molar-refractivity contribution is 5.91.